The van der Waals surface area contributed by atoms with Crippen molar-refractivity contribution in [2.75, 3.05) is 39.3 Å². The number of hydrogen-bond acceptors (Lipinski definition) is 6. The zero-order valence-corrected chi connectivity index (χ0v) is 16.7. The molecule has 2 aromatic rings. The first-order chi connectivity index (χ1) is 13.3. The van der Waals surface area contributed by atoms with Gasteiger partial charge in [-0.05, 0) is 31.4 Å². The highest BCUT2D eigenvalue weighted by atomic mass is 35.5. The Bertz CT molecular complexity index is 832. The van der Waals surface area contributed by atoms with Crippen molar-refractivity contribution in [3.63, 3.8) is 0 Å². The number of likely N-dealkylation sites (tertiary alicyclic amines) is 1. The zero-order chi connectivity index (χ0) is 18.2. The van der Waals surface area contributed by atoms with Crippen molar-refractivity contribution in [2.24, 2.45) is 0 Å². The van der Waals surface area contributed by atoms with E-state index in [1.54, 1.807) is 0 Å². The van der Waals surface area contributed by atoms with E-state index in [9.17, 15) is 4.79 Å². The van der Waals surface area contributed by atoms with Gasteiger partial charge in [0.1, 0.15) is 0 Å². The molecule has 7 nitrogen and oxygen atoms in total. The molecule has 1 unspecified atom stereocenters. The van der Waals surface area contributed by atoms with Crippen molar-refractivity contribution < 1.29 is 9.32 Å². The molecule has 1 atom stereocenters. The number of carbonyl (C=O) groups excluding carboxylic acids is 1. The molecule has 1 amide bonds. The Kier molecular flexibility index (Phi) is 5.66. The van der Waals surface area contributed by atoms with Crippen LogP contribution in [0.25, 0.3) is 11.4 Å². The zero-order valence-electron chi connectivity index (χ0n) is 15.8. The molecule has 3 fully saturated rings. The average molecular weight is 404 g/mol. The highest BCUT2D eigenvalue weighted by molar-refractivity contribution is 5.95. The predicted octanol–water partition coefficient (Wildman–Crippen LogP) is 2.16. The smallest absolute Gasteiger partial charge is 0.253 e. The number of benzene rings is 1. The van der Waals surface area contributed by atoms with E-state index in [2.05, 4.69) is 20.4 Å². The van der Waals surface area contributed by atoms with Crippen LogP contribution in [0, 0.1) is 0 Å². The third kappa shape index (κ3) is 3.92. The minimum absolute atomic E-state index is 0. The summed E-state index contributed by atoms with van der Waals surface area (Å²) in [6, 6.07) is 8.09. The molecule has 2 saturated heterocycles. The normalized spacial score (nSPS) is 22.9. The second kappa shape index (κ2) is 8.19. The van der Waals surface area contributed by atoms with E-state index in [0.29, 0.717) is 23.3 Å². The van der Waals surface area contributed by atoms with Crippen LogP contribution in [-0.2, 0) is 0 Å². The maximum atomic E-state index is 13.0. The van der Waals surface area contributed by atoms with E-state index in [1.807, 2.05) is 29.2 Å². The van der Waals surface area contributed by atoms with Crippen LogP contribution in [0.2, 0.25) is 0 Å². The van der Waals surface area contributed by atoms with Crippen LogP contribution >= 0.6 is 12.4 Å². The molecule has 1 aromatic heterocycles. The Morgan fingerprint density at radius 3 is 2.75 bits per heavy atom. The highest BCUT2D eigenvalue weighted by Gasteiger charge is 2.32. The lowest BCUT2D eigenvalue weighted by Gasteiger charge is -2.32. The summed E-state index contributed by atoms with van der Waals surface area (Å²) in [5.41, 5.74) is 1.54. The van der Waals surface area contributed by atoms with Gasteiger partial charge in [-0.15, -0.1) is 12.4 Å². The van der Waals surface area contributed by atoms with Crippen molar-refractivity contribution in [2.45, 2.75) is 31.2 Å². The molecule has 8 heteroatoms. The molecule has 1 aliphatic carbocycles. The van der Waals surface area contributed by atoms with Crippen molar-refractivity contribution in [3.05, 3.63) is 35.7 Å². The first-order valence-corrected chi connectivity index (χ1v) is 9.96. The standard InChI is InChI=1S/C20H25N5O2.ClH/c26-20(25-9-6-17(13-25)24-10-7-21-8-11-24)16-3-1-2-15(12-16)18-22-19(27-23-18)14-4-5-14;/h1-3,12,14,17,21H,4-11,13H2;1H. The van der Waals surface area contributed by atoms with Gasteiger partial charge in [0.25, 0.3) is 5.91 Å². The Labute approximate surface area is 170 Å². The highest BCUT2D eigenvalue weighted by Crippen LogP contribution is 2.39. The number of halogens is 1. The van der Waals surface area contributed by atoms with Gasteiger partial charge >= 0.3 is 0 Å². The van der Waals surface area contributed by atoms with Gasteiger partial charge in [-0.25, -0.2) is 0 Å². The maximum absolute atomic E-state index is 13.0. The first kappa shape index (κ1) is 19.4. The number of amides is 1. The molecule has 3 heterocycles. The molecule has 1 aromatic carbocycles. The number of piperazine rings is 1. The molecule has 2 aliphatic heterocycles. The van der Waals surface area contributed by atoms with Gasteiger partial charge in [-0.1, -0.05) is 17.3 Å². The number of carbonyl (C=O) groups is 1. The van der Waals surface area contributed by atoms with Crippen LogP contribution in [-0.4, -0.2) is 71.2 Å². The van der Waals surface area contributed by atoms with Gasteiger partial charge in [0.15, 0.2) is 0 Å². The van der Waals surface area contributed by atoms with Crippen LogP contribution in [0.3, 0.4) is 0 Å². The molecule has 1 saturated carbocycles. The number of nitrogens with one attached hydrogen (secondary N) is 1. The molecule has 0 radical (unpaired) electrons. The Morgan fingerprint density at radius 2 is 1.96 bits per heavy atom. The van der Waals surface area contributed by atoms with Crippen LogP contribution < -0.4 is 5.32 Å². The summed E-state index contributed by atoms with van der Waals surface area (Å²) in [6.45, 7) is 5.87. The Balaban J connectivity index is 0.00000192. The maximum Gasteiger partial charge on any atom is 0.253 e. The van der Waals surface area contributed by atoms with Gasteiger partial charge in [0, 0.05) is 62.4 Å². The average Bonchev–Trinajstić information content (AvgIpc) is 3.26. The molecular formula is C20H26ClN5O2. The Hall–Kier alpha value is -1.96. The van der Waals surface area contributed by atoms with Gasteiger partial charge in [-0.3, -0.25) is 9.69 Å². The SMILES string of the molecule is Cl.O=C(c1cccc(-c2noc(C3CC3)n2)c1)N1CCC(N2CCNCC2)C1. The van der Waals surface area contributed by atoms with Crippen molar-refractivity contribution in [3.8, 4) is 11.4 Å². The molecule has 0 spiro atoms. The summed E-state index contributed by atoms with van der Waals surface area (Å²) < 4.78 is 5.36. The second-order valence-corrected chi connectivity index (χ2v) is 7.79. The van der Waals surface area contributed by atoms with E-state index in [-0.39, 0.29) is 18.3 Å². The van der Waals surface area contributed by atoms with Crippen LogP contribution in [0.1, 0.15) is 41.4 Å². The number of aromatic nitrogens is 2. The molecule has 28 heavy (non-hydrogen) atoms. The summed E-state index contributed by atoms with van der Waals surface area (Å²) in [4.78, 5) is 22.0. The lowest BCUT2D eigenvalue weighted by molar-refractivity contribution is 0.0773. The fraction of sp³-hybridized carbons (Fsp3) is 0.550. The van der Waals surface area contributed by atoms with Crippen LogP contribution in [0.15, 0.2) is 28.8 Å². The van der Waals surface area contributed by atoms with E-state index >= 15 is 0 Å². The summed E-state index contributed by atoms with van der Waals surface area (Å²) in [5, 5.41) is 7.49. The van der Waals surface area contributed by atoms with Gasteiger partial charge in [-0.2, -0.15) is 4.98 Å². The number of hydrogen-bond donors (Lipinski definition) is 1. The van der Waals surface area contributed by atoms with Crippen molar-refractivity contribution in [1.82, 2.24) is 25.3 Å². The van der Waals surface area contributed by atoms with Gasteiger partial charge in [0.2, 0.25) is 11.7 Å². The van der Waals surface area contributed by atoms with E-state index in [0.717, 1.165) is 70.0 Å². The van der Waals surface area contributed by atoms with Gasteiger partial charge < -0.3 is 14.7 Å². The summed E-state index contributed by atoms with van der Waals surface area (Å²) >= 11 is 0. The predicted molar refractivity (Wildman–Crippen MR) is 108 cm³/mol. The molecule has 0 bridgehead atoms. The molecular weight excluding hydrogens is 378 g/mol. The molecule has 1 N–H and O–H groups in total. The topological polar surface area (TPSA) is 74.5 Å². The van der Waals surface area contributed by atoms with E-state index in [1.165, 1.54) is 0 Å². The summed E-state index contributed by atoms with van der Waals surface area (Å²) in [7, 11) is 0. The minimum Gasteiger partial charge on any atom is -0.339 e. The quantitative estimate of drug-likeness (QED) is 0.843. The number of rotatable bonds is 4. The lowest BCUT2D eigenvalue weighted by atomic mass is 10.1. The number of nitrogens with zero attached hydrogens (tertiary/aromatic N) is 4. The fourth-order valence-electron chi connectivity index (χ4n) is 4.09. The summed E-state index contributed by atoms with van der Waals surface area (Å²) in [6.07, 6.45) is 3.31. The Morgan fingerprint density at radius 1 is 1.14 bits per heavy atom. The largest absolute Gasteiger partial charge is 0.339 e. The molecule has 150 valence electrons. The minimum atomic E-state index is 0. The van der Waals surface area contributed by atoms with Gasteiger partial charge in [0.05, 0.1) is 0 Å². The van der Waals surface area contributed by atoms with E-state index < -0.39 is 0 Å². The van der Waals surface area contributed by atoms with Crippen LogP contribution in [0.5, 0.6) is 0 Å². The molecule has 5 rings (SSSR count). The summed E-state index contributed by atoms with van der Waals surface area (Å²) in [5.74, 6) is 1.83. The lowest BCUT2D eigenvalue weighted by Crippen LogP contribution is -2.49. The third-order valence-corrected chi connectivity index (χ3v) is 5.85. The van der Waals surface area contributed by atoms with Crippen molar-refractivity contribution in [1.29, 1.82) is 0 Å². The second-order valence-electron chi connectivity index (χ2n) is 7.79. The van der Waals surface area contributed by atoms with E-state index in [4.69, 9.17) is 4.52 Å². The van der Waals surface area contributed by atoms with Crippen LogP contribution in [0.4, 0.5) is 0 Å². The fourth-order valence-corrected chi connectivity index (χ4v) is 4.09. The monoisotopic (exact) mass is 403 g/mol. The third-order valence-electron chi connectivity index (χ3n) is 5.85. The van der Waals surface area contributed by atoms with Crippen molar-refractivity contribution >= 4 is 18.3 Å². The first-order valence-electron chi connectivity index (χ1n) is 9.96. The molecule has 3 aliphatic rings.